The van der Waals surface area contributed by atoms with Crippen LogP contribution < -0.4 is 10.6 Å². The van der Waals surface area contributed by atoms with Crippen LogP contribution in [-0.2, 0) is 14.4 Å². The summed E-state index contributed by atoms with van der Waals surface area (Å²) in [6.07, 6.45) is 0.753. The molecule has 2 atom stereocenters. The summed E-state index contributed by atoms with van der Waals surface area (Å²) in [5.41, 5.74) is 0. The SMILES string of the molecule is CCC(C)C(NC(=O)CCNC(C)=O)C(=O)O. The van der Waals surface area contributed by atoms with Crippen LogP contribution in [0.3, 0.4) is 0 Å². The third-order valence-electron chi connectivity index (χ3n) is 2.52. The quantitative estimate of drug-likeness (QED) is 0.593. The van der Waals surface area contributed by atoms with E-state index in [0.29, 0.717) is 6.42 Å². The molecule has 0 aromatic heterocycles. The Morgan fingerprint density at radius 1 is 1.29 bits per heavy atom. The Labute approximate surface area is 101 Å². The second-order valence-corrected chi connectivity index (χ2v) is 4.00. The van der Waals surface area contributed by atoms with Gasteiger partial charge in [0.2, 0.25) is 11.8 Å². The fourth-order valence-electron chi connectivity index (χ4n) is 1.28. The molecule has 0 saturated carbocycles. The van der Waals surface area contributed by atoms with E-state index in [-0.39, 0.29) is 30.7 Å². The first-order valence-corrected chi connectivity index (χ1v) is 5.65. The highest BCUT2D eigenvalue weighted by Gasteiger charge is 2.24. The third kappa shape index (κ3) is 6.55. The number of hydrogen-bond donors (Lipinski definition) is 3. The maximum absolute atomic E-state index is 11.4. The molecule has 0 fully saturated rings. The van der Waals surface area contributed by atoms with E-state index in [1.165, 1.54) is 6.92 Å². The van der Waals surface area contributed by atoms with Crippen molar-refractivity contribution in [3.05, 3.63) is 0 Å². The molecule has 2 amide bonds. The molecule has 0 aliphatic carbocycles. The van der Waals surface area contributed by atoms with Gasteiger partial charge in [-0.15, -0.1) is 0 Å². The van der Waals surface area contributed by atoms with Crippen LogP contribution in [0.15, 0.2) is 0 Å². The molecule has 0 aliphatic rings. The van der Waals surface area contributed by atoms with Crippen molar-refractivity contribution in [1.29, 1.82) is 0 Å². The van der Waals surface area contributed by atoms with Crippen molar-refractivity contribution < 1.29 is 19.5 Å². The molecule has 0 aromatic carbocycles. The van der Waals surface area contributed by atoms with Crippen LogP contribution in [0.25, 0.3) is 0 Å². The van der Waals surface area contributed by atoms with Crippen molar-refractivity contribution in [2.75, 3.05) is 6.54 Å². The van der Waals surface area contributed by atoms with Crippen LogP contribution in [0.2, 0.25) is 0 Å². The van der Waals surface area contributed by atoms with E-state index in [0.717, 1.165) is 0 Å². The predicted octanol–water partition coefficient (Wildman–Crippen LogP) is 0.128. The lowest BCUT2D eigenvalue weighted by molar-refractivity contribution is -0.143. The first-order valence-electron chi connectivity index (χ1n) is 5.65. The van der Waals surface area contributed by atoms with Gasteiger partial charge in [0.25, 0.3) is 0 Å². The molecule has 2 unspecified atom stereocenters. The van der Waals surface area contributed by atoms with Crippen molar-refractivity contribution in [1.82, 2.24) is 10.6 Å². The minimum Gasteiger partial charge on any atom is -0.480 e. The van der Waals surface area contributed by atoms with Crippen LogP contribution in [0.5, 0.6) is 0 Å². The average Bonchev–Trinajstić information content (AvgIpc) is 2.24. The summed E-state index contributed by atoms with van der Waals surface area (Å²) in [6, 6.07) is -0.871. The molecule has 0 heterocycles. The van der Waals surface area contributed by atoms with E-state index in [2.05, 4.69) is 10.6 Å². The molecule has 6 nitrogen and oxygen atoms in total. The lowest BCUT2D eigenvalue weighted by Crippen LogP contribution is -2.45. The molecule has 0 spiro atoms. The topological polar surface area (TPSA) is 95.5 Å². The highest BCUT2D eigenvalue weighted by atomic mass is 16.4. The van der Waals surface area contributed by atoms with Crippen molar-refractivity contribution >= 4 is 17.8 Å². The summed E-state index contributed by atoms with van der Waals surface area (Å²) in [5, 5.41) is 13.9. The molecule has 0 bridgehead atoms. The van der Waals surface area contributed by atoms with Gasteiger partial charge in [-0.05, 0) is 5.92 Å². The molecule has 98 valence electrons. The third-order valence-corrected chi connectivity index (χ3v) is 2.52. The van der Waals surface area contributed by atoms with Crippen molar-refractivity contribution in [2.24, 2.45) is 5.92 Å². The largest absolute Gasteiger partial charge is 0.480 e. The van der Waals surface area contributed by atoms with Gasteiger partial charge in [0, 0.05) is 19.9 Å². The predicted molar refractivity (Wildman–Crippen MR) is 62.3 cm³/mol. The van der Waals surface area contributed by atoms with Crippen LogP contribution in [-0.4, -0.2) is 35.5 Å². The van der Waals surface area contributed by atoms with E-state index in [9.17, 15) is 14.4 Å². The van der Waals surface area contributed by atoms with E-state index in [1.807, 2.05) is 6.92 Å². The summed E-state index contributed by atoms with van der Waals surface area (Å²) >= 11 is 0. The molecule has 0 aliphatic heterocycles. The van der Waals surface area contributed by atoms with Gasteiger partial charge < -0.3 is 15.7 Å². The van der Waals surface area contributed by atoms with Crippen LogP contribution in [0.4, 0.5) is 0 Å². The molecule has 0 radical (unpaired) electrons. The second kappa shape index (κ2) is 7.65. The number of rotatable bonds is 7. The fourth-order valence-corrected chi connectivity index (χ4v) is 1.28. The van der Waals surface area contributed by atoms with E-state index in [1.54, 1.807) is 6.92 Å². The van der Waals surface area contributed by atoms with Gasteiger partial charge in [-0.2, -0.15) is 0 Å². The number of nitrogens with one attached hydrogen (secondary N) is 2. The summed E-state index contributed by atoms with van der Waals surface area (Å²) < 4.78 is 0. The van der Waals surface area contributed by atoms with Gasteiger partial charge in [0.05, 0.1) is 0 Å². The average molecular weight is 244 g/mol. The number of carboxylic acid groups (broad SMARTS) is 1. The number of amides is 2. The highest BCUT2D eigenvalue weighted by Crippen LogP contribution is 2.07. The number of hydrogen-bond acceptors (Lipinski definition) is 3. The Morgan fingerprint density at radius 2 is 1.88 bits per heavy atom. The van der Waals surface area contributed by atoms with Crippen molar-refractivity contribution in [3.8, 4) is 0 Å². The number of carbonyl (C=O) groups is 3. The molecule has 0 rings (SSSR count). The van der Waals surface area contributed by atoms with Gasteiger partial charge in [0.15, 0.2) is 0 Å². The smallest absolute Gasteiger partial charge is 0.326 e. The second-order valence-electron chi connectivity index (χ2n) is 4.00. The number of carbonyl (C=O) groups excluding carboxylic acids is 2. The molecule has 0 saturated heterocycles. The Bertz CT molecular complexity index is 291. The number of carboxylic acids is 1. The summed E-state index contributed by atoms with van der Waals surface area (Å²) in [7, 11) is 0. The Hall–Kier alpha value is -1.59. The van der Waals surface area contributed by atoms with Crippen molar-refractivity contribution in [3.63, 3.8) is 0 Å². The molecule has 0 aromatic rings. The molecule has 6 heteroatoms. The van der Waals surface area contributed by atoms with Gasteiger partial charge in [-0.1, -0.05) is 20.3 Å². The number of aliphatic carboxylic acids is 1. The summed E-state index contributed by atoms with van der Waals surface area (Å²) in [4.78, 5) is 32.9. The summed E-state index contributed by atoms with van der Waals surface area (Å²) in [6.45, 7) is 5.21. The Balaban J connectivity index is 4.13. The minimum atomic E-state index is -1.03. The molecule has 17 heavy (non-hydrogen) atoms. The maximum Gasteiger partial charge on any atom is 0.326 e. The van der Waals surface area contributed by atoms with Gasteiger partial charge in [-0.3, -0.25) is 9.59 Å². The first kappa shape index (κ1) is 15.4. The molecular formula is C11H20N2O4. The molecular weight excluding hydrogens is 224 g/mol. The lowest BCUT2D eigenvalue weighted by atomic mass is 9.99. The Kier molecular flexibility index (Phi) is 6.93. The highest BCUT2D eigenvalue weighted by molar-refractivity contribution is 5.84. The minimum absolute atomic E-state index is 0.0831. The zero-order chi connectivity index (χ0) is 13.4. The standard InChI is InChI=1S/C11H20N2O4/c1-4-7(2)10(11(16)17)13-9(15)5-6-12-8(3)14/h7,10H,4-6H2,1-3H3,(H,12,14)(H,13,15)(H,16,17). The lowest BCUT2D eigenvalue weighted by Gasteiger charge is -2.20. The van der Waals surface area contributed by atoms with Gasteiger partial charge in [0.1, 0.15) is 6.04 Å². The maximum atomic E-state index is 11.4. The first-order chi connectivity index (χ1) is 7.88. The van der Waals surface area contributed by atoms with Gasteiger partial charge >= 0.3 is 5.97 Å². The van der Waals surface area contributed by atoms with Crippen LogP contribution in [0.1, 0.15) is 33.6 Å². The normalized spacial score (nSPS) is 13.6. The fraction of sp³-hybridized carbons (Fsp3) is 0.727. The van der Waals surface area contributed by atoms with E-state index >= 15 is 0 Å². The monoisotopic (exact) mass is 244 g/mol. The Morgan fingerprint density at radius 3 is 2.29 bits per heavy atom. The van der Waals surface area contributed by atoms with E-state index < -0.39 is 12.0 Å². The van der Waals surface area contributed by atoms with Crippen molar-refractivity contribution in [2.45, 2.75) is 39.7 Å². The zero-order valence-corrected chi connectivity index (χ0v) is 10.4. The van der Waals surface area contributed by atoms with Crippen LogP contribution >= 0.6 is 0 Å². The van der Waals surface area contributed by atoms with E-state index in [4.69, 9.17) is 5.11 Å². The summed E-state index contributed by atoms with van der Waals surface area (Å²) in [5.74, 6) is -1.74. The van der Waals surface area contributed by atoms with Gasteiger partial charge in [-0.25, -0.2) is 4.79 Å². The zero-order valence-electron chi connectivity index (χ0n) is 10.4. The molecule has 3 N–H and O–H groups in total. The van der Waals surface area contributed by atoms with Crippen LogP contribution in [0, 0.1) is 5.92 Å².